The lowest BCUT2D eigenvalue weighted by Crippen LogP contribution is -2.00. The number of hydrogen-bond acceptors (Lipinski definition) is 4. The third-order valence-corrected chi connectivity index (χ3v) is 9.45. The summed E-state index contributed by atoms with van der Waals surface area (Å²) in [5.74, 6) is 1.93. The molecule has 5 heteroatoms. The molecule has 0 aliphatic rings. The number of benzene rings is 7. The number of nitrogens with zero attached hydrogens (tertiary/aromatic N) is 4. The largest absolute Gasteiger partial charge is 0.455 e. The molecule has 0 fully saturated rings. The second kappa shape index (κ2) is 11.4. The van der Waals surface area contributed by atoms with E-state index in [4.69, 9.17) is 19.4 Å². The predicted octanol–water partition coefficient (Wildman–Crippen LogP) is 11.5. The average molecular weight is 641 g/mol. The Morgan fingerprint density at radius 1 is 0.380 bits per heavy atom. The summed E-state index contributed by atoms with van der Waals surface area (Å²) in [4.78, 5) is 14.9. The Morgan fingerprint density at radius 3 is 1.66 bits per heavy atom. The van der Waals surface area contributed by atoms with E-state index in [0.29, 0.717) is 17.5 Å². The summed E-state index contributed by atoms with van der Waals surface area (Å²) in [6, 6.07) is 58.6. The SMILES string of the molecule is c1ccc(-c2nc(-c3ccccc3)nc(-c3ccc4c(c3)c3ccccc3n4-c3ccc4oc5c(-c6ccccc6)cccc5c4c3)n2)cc1. The first-order valence-corrected chi connectivity index (χ1v) is 16.7. The van der Waals surface area contributed by atoms with Crippen LogP contribution in [-0.2, 0) is 0 Å². The van der Waals surface area contributed by atoms with E-state index in [-0.39, 0.29) is 0 Å². The van der Waals surface area contributed by atoms with Gasteiger partial charge in [-0.1, -0.05) is 127 Å². The zero-order valence-electron chi connectivity index (χ0n) is 26.9. The number of para-hydroxylation sites is 2. The highest BCUT2D eigenvalue weighted by molar-refractivity contribution is 6.12. The van der Waals surface area contributed by atoms with Gasteiger partial charge in [0.05, 0.1) is 11.0 Å². The van der Waals surface area contributed by atoms with E-state index >= 15 is 0 Å². The van der Waals surface area contributed by atoms with Crippen LogP contribution in [0.2, 0.25) is 0 Å². The van der Waals surface area contributed by atoms with Crippen LogP contribution in [0.25, 0.3) is 94.7 Å². The Hall–Kier alpha value is -6.85. The minimum absolute atomic E-state index is 0.636. The second-order valence-corrected chi connectivity index (χ2v) is 12.5. The summed E-state index contributed by atoms with van der Waals surface area (Å²) in [5, 5.41) is 4.48. The zero-order valence-corrected chi connectivity index (χ0v) is 26.9. The molecule has 0 saturated heterocycles. The summed E-state index contributed by atoms with van der Waals surface area (Å²) in [6.07, 6.45) is 0. The Balaban J connectivity index is 1.15. The van der Waals surface area contributed by atoms with Crippen LogP contribution in [0.15, 0.2) is 174 Å². The van der Waals surface area contributed by atoms with Gasteiger partial charge in [-0.25, -0.2) is 15.0 Å². The van der Waals surface area contributed by atoms with Gasteiger partial charge in [-0.3, -0.25) is 0 Å². The molecule has 7 aromatic carbocycles. The maximum Gasteiger partial charge on any atom is 0.164 e. The fourth-order valence-electron chi connectivity index (χ4n) is 7.10. The van der Waals surface area contributed by atoms with Crippen molar-refractivity contribution in [3.63, 3.8) is 0 Å². The summed E-state index contributed by atoms with van der Waals surface area (Å²) in [6.45, 7) is 0. The molecule has 0 unspecified atom stereocenters. The van der Waals surface area contributed by atoms with Crippen LogP contribution in [0, 0.1) is 0 Å². The number of hydrogen-bond donors (Lipinski definition) is 0. The minimum Gasteiger partial charge on any atom is -0.455 e. The molecule has 0 radical (unpaired) electrons. The van der Waals surface area contributed by atoms with Crippen molar-refractivity contribution in [2.45, 2.75) is 0 Å². The van der Waals surface area contributed by atoms with Crippen LogP contribution in [0.1, 0.15) is 0 Å². The highest BCUT2D eigenvalue weighted by Gasteiger charge is 2.18. The number of fused-ring (bicyclic) bond motifs is 6. The molecular formula is C45H28N4O. The molecule has 0 aliphatic carbocycles. The summed E-state index contributed by atoms with van der Waals surface area (Å²) < 4.78 is 8.84. The summed E-state index contributed by atoms with van der Waals surface area (Å²) in [5.41, 5.74) is 10.1. The van der Waals surface area contributed by atoms with Gasteiger partial charge in [0.1, 0.15) is 11.2 Å². The lowest BCUT2D eigenvalue weighted by atomic mass is 10.0. The van der Waals surface area contributed by atoms with E-state index in [1.165, 1.54) is 0 Å². The van der Waals surface area contributed by atoms with Crippen molar-refractivity contribution in [1.29, 1.82) is 0 Å². The Morgan fingerprint density at radius 2 is 0.960 bits per heavy atom. The molecule has 234 valence electrons. The van der Waals surface area contributed by atoms with Crippen LogP contribution in [0.3, 0.4) is 0 Å². The Bertz CT molecular complexity index is 2800. The molecule has 0 saturated carbocycles. The molecule has 0 spiro atoms. The number of aromatic nitrogens is 4. The first-order valence-electron chi connectivity index (χ1n) is 16.7. The van der Waals surface area contributed by atoms with Crippen molar-refractivity contribution in [1.82, 2.24) is 19.5 Å². The summed E-state index contributed by atoms with van der Waals surface area (Å²) >= 11 is 0. The quantitative estimate of drug-likeness (QED) is 0.188. The fraction of sp³-hybridized carbons (Fsp3) is 0. The first-order chi connectivity index (χ1) is 24.8. The molecule has 3 aromatic heterocycles. The van der Waals surface area contributed by atoms with Crippen molar-refractivity contribution in [2.75, 3.05) is 0 Å². The number of furan rings is 1. The normalized spacial score (nSPS) is 11.6. The van der Waals surface area contributed by atoms with Gasteiger partial charge >= 0.3 is 0 Å². The van der Waals surface area contributed by atoms with Gasteiger partial charge in [0.2, 0.25) is 0 Å². The van der Waals surface area contributed by atoms with E-state index in [9.17, 15) is 0 Å². The van der Waals surface area contributed by atoms with E-state index in [1.54, 1.807) is 0 Å². The molecule has 50 heavy (non-hydrogen) atoms. The topological polar surface area (TPSA) is 56.7 Å². The van der Waals surface area contributed by atoms with E-state index in [2.05, 4.69) is 108 Å². The smallest absolute Gasteiger partial charge is 0.164 e. The van der Waals surface area contributed by atoms with Gasteiger partial charge in [-0.2, -0.15) is 0 Å². The van der Waals surface area contributed by atoms with Crippen LogP contribution in [-0.4, -0.2) is 19.5 Å². The van der Waals surface area contributed by atoms with Crippen molar-refractivity contribution in [3.05, 3.63) is 170 Å². The Labute approximate surface area is 287 Å². The van der Waals surface area contributed by atoms with Gasteiger partial charge in [-0.05, 0) is 48.0 Å². The van der Waals surface area contributed by atoms with Crippen LogP contribution in [0.4, 0.5) is 0 Å². The first kappa shape index (κ1) is 28.2. The van der Waals surface area contributed by atoms with E-state index in [0.717, 1.165) is 77.2 Å². The van der Waals surface area contributed by atoms with E-state index < -0.39 is 0 Å². The van der Waals surface area contributed by atoms with Gasteiger partial charge in [0, 0.05) is 49.5 Å². The van der Waals surface area contributed by atoms with Crippen molar-refractivity contribution in [3.8, 4) is 51.0 Å². The maximum absolute atomic E-state index is 6.50. The number of rotatable bonds is 5. The lowest BCUT2D eigenvalue weighted by molar-refractivity contribution is 0.670. The van der Waals surface area contributed by atoms with Crippen LogP contribution < -0.4 is 0 Å². The zero-order chi connectivity index (χ0) is 33.0. The standard InChI is InChI=1S/C45H28N4O/c1-4-13-29(14-5-1)34-20-12-21-36-38-28-33(24-26-41(38)50-42(34)36)49-39-22-11-10-19-35(39)37-27-32(23-25-40(37)49)45-47-43(30-15-6-2-7-16-30)46-44(48-45)31-17-8-3-9-18-31/h1-28H. The maximum atomic E-state index is 6.50. The van der Waals surface area contributed by atoms with Gasteiger partial charge in [0.25, 0.3) is 0 Å². The predicted molar refractivity (Wildman–Crippen MR) is 203 cm³/mol. The molecule has 0 amide bonds. The Kier molecular flexibility index (Phi) is 6.42. The van der Waals surface area contributed by atoms with Crippen LogP contribution in [0.5, 0.6) is 0 Å². The van der Waals surface area contributed by atoms with Gasteiger partial charge in [0.15, 0.2) is 17.5 Å². The molecular weight excluding hydrogens is 613 g/mol. The van der Waals surface area contributed by atoms with Gasteiger partial charge in [-0.15, -0.1) is 0 Å². The van der Waals surface area contributed by atoms with Crippen molar-refractivity contribution >= 4 is 43.7 Å². The lowest BCUT2D eigenvalue weighted by Gasteiger charge is -2.10. The van der Waals surface area contributed by atoms with Crippen molar-refractivity contribution in [2.24, 2.45) is 0 Å². The average Bonchev–Trinajstić information content (AvgIpc) is 3.74. The highest BCUT2D eigenvalue weighted by Crippen LogP contribution is 2.39. The molecule has 10 aromatic rings. The molecule has 3 heterocycles. The highest BCUT2D eigenvalue weighted by atomic mass is 16.3. The molecule has 0 N–H and O–H groups in total. The van der Waals surface area contributed by atoms with Crippen molar-refractivity contribution < 1.29 is 4.42 Å². The molecule has 0 bridgehead atoms. The fourth-order valence-corrected chi connectivity index (χ4v) is 7.10. The summed E-state index contributed by atoms with van der Waals surface area (Å²) in [7, 11) is 0. The minimum atomic E-state index is 0.636. The van der Waals surface area contributed by atoms with Crippen LogP contribution >= 0.6 is 0 Å². The molecule has 10 rings (SSSR count). The molecule has 0 aliphatic heterocycles. The monoisotopic (exact) mass is 640 g/mol. The molecule has 5 nitrogen and oxygen atoms in total. The third-order valence-electron chi connectivity index (χ3n) is 9.45. The van der Waals surface area contributed by atoms with Gasteiger partial charge < -0.3 is 8.98 Å². The van der Waals surface area contributed by atoms with E-state index in [1.807, 2.05) is 66.7 Å². The molecule has 0 atom stereocenters. The third kappa shape index (κ3) is 4.60. The second-order valence-electron chi connectivity index (χ2n) is 12.5.